The van der Waals surface area contributed by atoms with Gasteiger partial charge < -0.3 is 10.1 Å². The topological polar surface area (TPSA) is 21.3 Å². The van der Waals surface area contributed by atoms with Crippen molar-refractivity contribution < 1.29 is 4.74 Å². The third-order valence-electron chi connectivity index (χ3n) is 3.07. The Morgan fingerprint density at radius 3 is 2.24 bits per heavy atom. The van der Waals surface area contributed by atoms with Gasteiger partial charge in [-0.15, -0.1) is 0 Å². The van der Waals surface area contributed by atoms with Crippen LogP contribution in [-0.4, -0.2) is 26.3 Å². The van der Waals surface area contributed by atoms with Crippen LogP contribution >= 0.6 is 15.9 Å². The number of nitrogens with one attached hydrogen (secondary N) is 1. The Bertz CT molecular complexity index is 323. The van der Waals surface area contributed by atoms with Gasteiger partial charge in [0, 0.05) is 17.6 Å². The largest absolute Gasteiger partial charge is 0.380 e. The van der Waals surface area contributed by atoms with E-state index in [-0.39, 0.29) is 6.10 Å². The molecule has 0 radical (unpaired) electrons. The third kappa shape index (κ3) is 4.41. The van der Waals surface area contributed by atoms with E-state index in [9.17, 15) is 0 Å². The Labute approximate surface area is 113 Å². The lowest BCUT2D eigenvalue weighted by molar-refractivity contribution is 0.0354. The van der Waals surface area contributed by atoms with Gasteiger partial charge in [-0.3, -0.25) is 0 Å². The molecule has 1 aromatic carbocycles. The number of hydrogen-bond donors (Lipinski definition) is 1. The zero-order chi connectivity index (χ0) is 12.8. The van der Waals surface area contributed by atoms with Crippen molar-refractivity contribution in [2.75, 3.05) is 14.2 Å². The van der Waals surface area contributed by atoms with Gasteiger partial charge >= 0.3 is 0 Å². The number of likely N-dealkylation sites (N-methyl/N-ethyl adjacent to an activating group) is 1. The third-order valence-corrected chi connectivity index (χ3v) is 3.59. The van der Waals surface area contributed by atoms with Gasteiger partial charge in [0.15, 0.2) is 0 Å². The molecule has 1 N–H and O–H groups in total. The maximum atomic E-state index is 5.59. The SMILES string of the molecule is CNC(Cc1ccc(Br)cc1)C(OC)C(C)C. The van der Waals surface area contributed by atoms with E-state index < -0.39 is 0 Å². The van der Waals surface area contributed by atoms with E-state index in [0.717, 1.165) is 10.9 Å². The molecular formula is C14H22BrNO. The minimum Gasteiger partial charge on any atom is -0.380 e. The van der Waals surface area contributed by atoms with Crippen LogP contribution in [0.1, 0.15) is 19.4 Å². The van der Waals surface area contributed by atoms with Gasteiger partial charge in [-0.25, -0.2) is 0 Å². The lowest BCUT2D eigenvalue weighted by atomic mass is 9.94. The summed E-state index contributed by atoms with van der Waals surface area (Å²) in [7, 11) is 3.79. The molecule has 1 rings (SSSR count). The van der Waals surface area contributed by atoms with Gasteiger partial charge in [-0.05, 0) is 37.1 Å². The van der Waals surface area contributed by atoms with Crippen LogP contribution in [0.5, 0.6) is 0 Å². The van der Waals surface area contributed by atoms with Gasteiger partial charge in [0.1, 0.15) is 0 Å². The fourth-order valence-corrected chi connectivity index (χ4v) is 2.42. The normalized spacial score (nSPS) is 14.9. The molecule has 17 heavy (non-hydrogen) atoms. The van der Waals surface area contributed by atoms with E-state index >= 15 is 0 Å². The van der Waals surface area contributed by atoms with Crippen molar-refractivity contribution in [2.24, 2.45) is 5.92 Å². The Kier molecular flexibility index (Phi) is 6.17. The number of benzene rings is 1. The standard InChI is InChI=1S/C14H22BrNO/c1-10(2)14(17-4)13(16-3)9-11-5-7-12(15)8-6-11/h5-8,10,13-14,16H,9H2,1-4H3. The molecule has 0 aliphatic heterocycles. The maximum Gasteiger partial charge on any atom is 0.0750 e. The Hall–Kier alpha value is -0.380. The average Bonchev–Trinajstić information content (AvgIpc) is 2.31. The second kappa shape index (κ2) is 7.14. The Morgan fingerprint density at radius 2 is 1.82 bits per heavy atom. The summed E-state index contributed by atoms with van der Waals surface area (Å²) in [6, 6.07) is 8.82. The van der Waals surface area contributed by atoms with Crippen molar-refractivity contribution in [1.82, 2.24) is 5.32 Å². The van der Waals surface area contributed by atoms with Crippen molar-refractivity contribution >= 4 is 15.9 Å². The van der Waals surface area contributed by atoms with E-state index in [4.69, 9.17) is 4.74 Å². The molecule has 1 aromatic rings. The summed E-state index contributed by atoms with van der Waals surface area (Å²) in [5.41, 5.74) is 1.33. The van der Waals surface area contributed by atoms with E-state index in [1.54, 1.807) is 7.11 Å². The molecule has 0 spiro atoms. The Morgan fingerprint density at radius 1 is 1.24 bits per heavy atom. The van der Waals surface area contributed by atoms with E-state index in [0.29, 0.717) is 12.0 Å². The second-order valence-corrected chi connectivity index (χ2v) is 5.59. The van der Waals surface area contributed by atoms with Gasteiger partial charge in [-0.2, -0.15) is 0 Å². The first-order valence-electron chi connectivity index (χ1n) is 6.03. The van der Waals surface area contributed by atoms with E-state index in [1.165, 1.54) is 5.56 Å². The van der Waals surface area contributed by atoms with Crippen LogP contribution in [0.25, 0.3) is 0 Å². The number of halogens is 1. The summed E-state index contributed by atoms with van der Waals surface area (Å²) in [6.45, 7) is 4.39. The molecule has 3 heteroatoms. The molecule has 0 saturated heterocycles. The van der Waals surface area contributed by atoms with Crippen LogP contribution in [0, 0.1) is 5.92 Å². The predicted octanol–water partition coefficient (Wildman–Crippen LogP) is 3.25. The van der Waals surface area contributed by atoms with Crippen LogP contribution in [0.3, 0.4) is 0 Å². The van der Waals surface area contributed by atoms with Gasteiger partial charge in [-0.1, -0.05) is 41.9 Å². The molecule has 0 aromatic heterocycles. The first-order chi connectivity index (χ1) is 8.08. The molecule has 2 nitrogen and oxygen atoms in total. The molecular weight excluding hydrogens is 278 g/mol. The van der Waals surface area contributed by atoms with Gasteiger partial charge in [0.25, 0.3) is 0 Å². The number of hydrogen-bond acceptors (Lipinski definition) is 2. The van der Waals surface area contributed by atoms with Crippen molar-refractivity contribution in [3.05, 3.63) is 34.3 Å². The monoisotopic (exact) mass is 299 g/mol. The molecule has 0 fully saturated rings. The number of methoxy groups -OCH3 is 1. The Balaban J connectivity index is 2.71. The quantitative estimate of drug-likeness (QED) is 0.871. The highest BCUT2D eigenvalue weighted by atomic mass is 79.9. The second-order valence-electron chi connectivity index (χ2n) is 4.67. The van der Waals surface area contributed by atoms with Crippen LogP contribution in [0.2, 0.25) is 0 Å². The molecule has 2 atom stereocenters. The molecule has 0 heterocycles. The molecule has 2 unspecified atom stereocenters. The summed E-state index contributed by atoms with van der Waals surface area (Å²) >= 11 is 3.45. The van der Waals surface area contributed by atoms with Crippen molar-refractivity contribution in [3.63, 3.8) is 0 Å². The van der Waals surface area contributed by atoms with Gasteiger partial charge in [0.05, 0.1) is 6.10 Å². The number of ether oxygens (including phenoxy) is 1. The highest BCUT2D eigenvalue weighted by molar-refractivity contribution is 9.10. The highest BCUT2D eigenvalue weighted by Gasteiger charge is 2.22. The van der Waals surface area contributed by atoms with Crippen molar-refractivity contribution in [2.45, 2.75) is 32.4 Å². The average molecular weight is 300 g/mol. The minimum atomic E-state index is 0.239. The van der Waals surface area contributed by atoms with Gasteiger partial charge in [0.2, 0.25) is 0 Å². The van der Waals surface area contributed by atoms with Crippen molar-refractivity contribution in [1.29, 1.82) is 0 Å². The number of rotatable bonds is 6. The minimum absolute atomic E-state index is 0.239. The van der Waals surface area contributed by atoms with E-state index in [2.05, 4.69) is 59.4 Å². The molecule has 0 aliphatic carbocycles. The fourth-order valence-electron chi connectivity index (χ4n) is 2.16. The smallest absolute Gasteiger partial charge is 0.0750 e. The zero-order valence-electron chi connectivity index (χ0n) is 11.0. The van der Waals surface area contributed by atoms with Crippen LogP contribution in [0.15, 0.2) is 28.7 Å². The lowest BCUT2D eigenvalue weighted by Crippen LogP contribution is -2.43. The van der Waals surface area contributed by atoms with Crippen LogP contribution in [-0.2, 0) is 11.2 Å². The summed E-state index contributed by atoms with van der Waals surface area (Å²) in [5.74, 6) is 0.507. The zero-order valence-corrected chi connectivity index (χ0v) is 12.6. The summed E-state index contributed by atoms with van der Waals surface area (Å²) in [6.07, 6.45) is 1.23. The predicted molar refractivity (Wildman–Crippen MR) is 76.3 cm³/mol. The fraction of sp³-hybridized carbons (Fsp3) is 0.571. The van der Waals surface area contributed by atoms with Crippen LogP contribution < -0.4 is 5.32 Å². The maximum absolute atomic E-state index is 5.59. The lowest BCUT2D eigenvalue weighted by Gasteiger charge is -2.29. The first kappa shape index (κ1) is 14.7. The summed E-state index contributed by atoms with van der Waals surface area (Å²) < 4.78 is 6.71. The van der Waals surface area contributed by atoms with Crippen LogP contribution in [0.4, 0.5) is 0 Å². The summed E-state index contributed by atoms with van der Waals surface area (Å²) in [5, 5.41) is 3.36. The molecule has 0 saturated carbocycles. The van der Waals surface area contributed by atoms with Crippen molar-refractivity contribution in [3.8, 4) is 0 Å². The molecule has 0 aliphatic rings. The summed E-state index contributed by atoms with van der Waals surface area (Å²) in [4.78, 5) is 0. The molecule has 0 amide bonds. The van der Waals surface area contributed by atoms with E-state index in [1.807, 2.05) is 7.05 Å². The molecule has 96 valence electrons. The first-order valence-corrected chi connectivity index (χ1v) is 6.82. The molecule has 0 bridgehead atoms. The highest BCUT2D eigenvalue weighted by Crippen LogP contribution is 2.16.